The van der Waals surface area contributed by atoms with Crippen LogP contribution < -0.4 is 5.32 Å². The molecule has 2 heterocycles. The van der Waals surface area contributed by atoms with Crippen LogP contribution in [-0.2, 0) is 5.54 Å². The molecule has 0 amide bonds. The van der Waals surface area contributed by atoms with Crippen LogP contribution in [0.25, 0.3) is 0 Å². The average Bonchev–Trinajstić information content (AvgIpc) is 2.73. The lowest BCUT2D eigenvalue weighted by Gasteiger charge is -2.15. The molecule has 1 saturated heterocycles. The maximum absolute atomic E-state index is 4.40. The zero-order valence-electron chi connectivity index (χ0n) is 8.99. The minimum atomic E-state index is -0.0795. The second-order valence-electron chi connectivity index (χ2n) is 4.76. The maximum atomic E-state index is 4.40. The van der Waals surface area contributed by atoms with Crippen LogP contribution in [-0.4, -0.2) is 26.8 Å². The van der Waals surface area contributed by atoms with Gasteiger partial charge in [-0.15, -0.1) is 10.2 Å². The summed E-state index contributed by atoms with van der Waals surface area (Å²) in [5.41, 5.74) is -0.0795. The fraction of sp³-hybridized carbons (Fsp3) is 0.889. The first kappa shape index (κ1) is 9.58. The zero-order chi connectivity index (χ0) is 10.2. The third-order valence-electron chi connectivity index (χ3n) is 2.40. The Kier molecular flexibility index (Phi) is 2.26. The van der Waals surface area contributed by atoms with E-state index in [4.69, 9.17) is 0 Å². The van der Waals surface area contributed by atoms with Gasteiger partial charge < -0.3 is 5.32 Å². The summed E-state index contributed by atoms with van der Waals surface area (Å²) in [5.74, 6) is 0.831. The SMILES string of the molecule is CC(C)(C)n1nnc(C2CCCN2)n1. The lowest BCUT2D eigenvalue weighted by Crippen LogP contribution is -2.25. The highest BCUT2D eigenvalue weighted by atomic mass is 15.6. The molecular formula is C9H17N5. The average molecular weight is 195 g/mol. The highest BCUT2D eigenvalue weighted by Gasteiger charge is 2.23. The van der Waals surface area contributed by atoms with Crippen molar-refractivity contribution in [3.8, 4) is 0 Å². The van der Waals surface area contributed by atoms with E-state index in [0.717, 1.165) is 18.8 Å². The summed E-state index contributed by atoms with van der Waals surface area (Å²) >= 11 is 0. The van der Waals surface area contributed by atoms with E-state index < -0.39 is 0 Å². The molecule has 5 nitrogen and oxygen atoms in total. The number of nitrogens with one attached hydrogen (secondary N) is 1. The van der Waals surface area contributed by atoms with E-state index in [1.807, 2.05) is 0 Å². The van der Waals surface area contributed by atoms with Crippen LogP contribution in [0, 0.1) is 0 Å². The lowest BCUT2D eigenvalue weighted by molar-refractivity contribution is 0.304. The maximum Gasteiger partial charge on any atom is 0.191 e. The van der Waals surface area contributed by atoms with E-state index in [1.54, 1.807) is 4.80 Å². The summed E-state index contributed by atoms with van der Waals surface area (Å²) in [7, 11) is 0. The van der Waals surface area contributed by atoms with Gasteiger partial charge >= 0.3 is 0 Å². The summed E-state index contributed by atoms with van der Waals surface area (Å²) < 4.78 is 0. The molecule has 0 aliphatic carbocycles. The van der Waals surface area contributed by atoms with E-state index in [1.165, 1.54) is 6.42 Å². The molecule has 0 saturated carbocycles. The largest absolute Gasteiger partial charge is 0.307 e. The van der Waals surface area contributed by atoms with Crippen LogP contribution in [0.15, 0.2) is 0 Å². The first-order chi connectivity index (χ1) is 6.57. The Balaban J connectivity index is 2.17. The summed E-state index contributed by atoms with van der Waals surface area (Å²) in [6, 6.07) is 0.311. The molecule has 1 fully saturated rings. The van der Waals surface area contributed by atoms with Crippen LogP contribution in [0.3, 0.4) is 0 Å². The second-order valence-corrected chi connectivity index (χ2v) is 4.76. The van der Waals surface area contributed by atoms with Gasteiger partial charge in [0.2, 0.25) is 0 Å². The monoisotopic (exact) mass is 195 g/mol. The Hall–Kier alpha value is -0.970. The Labute approximate surface area is 83.9 Å². The smallest absolute Gasteiger partial charge is 0.191 e. The molecule has 1 atom stereocenters. The lowest BCUT2D eigenvalue weighted by atomic mass is 10.1. The molecule has 0 bridgehead atoms. The van der Waals surface area contributed by atoms with E-state index >= 15 is 0 Å². The normalized spacial score (nSPS) is 22.9. The van der Waals surface area contributed by atoms with Crippen molar-refractivity contribution in [3.63, 3.8) is 0 Å². The van der Waals surface area contributed by atoms with E-state index in [-0.39, 0.29) is 5.54 Å². The van der Waals surface area contributed by atoms with Gasteiger partial charge in [0.15, 0.2) is 5.82 Å². The summed E-state index contributed by atoms with van der Waals surface area (Å²) in [6.45, 7) is 7.27. The molecule has 14 heavy (non-hydrogen) atoms. The van der Waals surface area contributed by atoms with Gasteiger partial charge in [0.05, 0.1) is 11.6 Å². The van der Waals surface area contributed by atoms with Crippen LogP contribution >= 0.6 is 0 Å². The van der Waals surface area contributed by atoms with Gasteiger partial charge in [0.1, 0.15) is 0 Å². The summed E-state index contributed by atoms with van der Waals surface area (Å²) in [4.78, 5) is 1.68. The fourth-order valence-electron chi connectivity index (χ4n) is 1.55. The van der Waals surface area contributed by atoms with Crippen molar-refractivity contribution < 1.29 is 0 Å². The molecule has 2 rings (SSSR count). The van der Waals surface area contributed by atoms with Gasteiger partial charge in [-0.05, 0) is 45.4 Å². The molecule has 0 aromatic carbocycles. The molecule has 0 spiro atoms. The number of tetrazole rings is 1. The highest BCUT2D eigenvalue weighted by molar-refractivity contribution is 4.93. The second kappa shape index (κ2) is 3.31. The molecule has 78 valence electrons. The molecular weight excluding hydrogens is 178 g/mol. The number of hydrogen-bond donors (Lipinski definition) is 1. The third kappa shape index (κ3) is 1.77. The Morgan fingerprint density at radius 1 is 1.43 bits per heavy atom. The Morgan fingerprint density at radius 2 is 2.21 bits per heavy atom. The van der Waals surface area contributed by atoms with Gasteiger partial charge in [-0.1, -0.05) is 0 Å². The summed E-state index contributed by atoms with van der Waals surface area (Å²) in [6.07, 6.45) is 2.32. The molecule has 1 N–H and O–H groups in total. The van der Waals surface area contributed by atoms with Crippen molar-refractivity contribution in [3.05, 3.63) is 5.82 Å². The fourth-order valence-corrected chi connectivity index (χ4v) is 1.55. The van der Waals surface area contributed by atoms with Crippen LogP contribution in [0.2, 0.25) is 0 Å². The predicted octanol–water partition coefficient (Wildman–Crippen LogP) is 0.853. The quantitative estimate of drug-likeness (QED) is 0.722. The number of rotatable bonds is 1. The summed E-state index contributed by atoms with van der Waals surface area (Å²) in [5, 5.41) is 15.9. The topological polar surface area (TPSA) is 55.6 Å². The first-order valence-electron chi connectivity index (χ1n) is 5.11. The van der Waals surface area contributed by atoms with Gasteiger partial charge in [0, 0.05) is 0 Å². The molecule has 1 aromatic heterocycles. The standard InChI is InChI=1S/C9H17N5/c1-9(2,3)14-12-8(11-13-14)7-5-4-6-10-7/h7,10H,4-6H2,1-3H3. The minimum Gasteiger partial charge on any atom is -0.307 e. The molecule has 1 unspecified atom stereocenters. The third-order valence-corrected chi connectivity index (χ3v) is 2.40. The van der Waals surface area contributed by atoms with Crippen molar-refractivity contribution in [2.45, 2.75) is 45.2 Å². The van der Waals surface area contributed by atoms with E-state index in [9.17, 15) is 0 Å². The zero-order valence-corrected chi connectivity index (χ0v) is 8.99. The van der Waals surface area contributed by atoms with E-state index in [0.29, 0.717) is 6.04 Å². The number of aromatic nitrogens is 4. The van der Waals surface area contributed by atoms with Gasteiger partial charge in [-0.25, -0.2) is 0 Å². The molecule has 5 heteroatoms. The Bertz CT molecular complexity index is 305. The highest BCUT2D eigenvalue weighted by Crippen LogP contribution is 2.19. The molecule has 1 aliphatic rings. The van der Waals surface area contributed by atoms with Crippen molar-refractivity contribution >= 4 is 0 Å². The van der Waals surface area contributed by atoms with Crippen LogP contribution in [0.5, 0.6) is 0 Å². The van der Waals surface area contributed by atoms with Crippen molar-refractivity contribution in [2.24, 2.45) is 0 Å². The van der Waals surface area contributed by atoms with Crippen LogP contribution in [0.4, 0.5) is 0 Å². The Morgan fingerprint density at radius 3 is 2.71 bits per heavy atom. The van der Waals surface area contributed by atoms with Crippen LogP contribution in [0.1, 0.15) is 45.5 Å². The molecule has 0 radical (unpaired) electrons. The van der Waals surface area contributed by atoms with Gasteiger partial charge in [-0.3, -0.25) is 0 Å². The van der Waals surface area contributed by atoms with Crippen molar-refractivity contribution in [1.29, 1.82) is 0 Å². The van der Waals surface area contributed by atoms with Gasteiger partial charge in [0.25, 0.3) is 0 Å². The van der Waals surface area contributed by atoms with Gasteiger partial charge in [-0.2, -0.15) is 4.80 Å². The number of nitrogens with zero attached hydrogens (tertiary/aromatic N) is 4. The molecule has 1 aromatic rings. The predicted molar refractivity (Wildman–Crippen MR) is 52.8 cm³/mol. The van der Waals surface area contributed by atoms with Crippen molar-refractivity contribution in [1.82, 2.24) is 25.5 Å². The number of hydrogen-bond acceptors (Lipinski definition) is 4. The first-order valence-corrected chi connectivity index (χ1v) is 5.11. The van der Waals surface area contributed by atoms with E-state index in [2.05, 4.69) is 41.5 Å². The van der Waals surface area contributed by atoms with Crippen molar-refractivity contribution in [2.75, 3.05) is 6.54 Å². The minimum absolute atomic E-state index is 0.0795. The molecule has 1 aliphatic heterocycles.